The van der Waals surface area contributed by atoms with Gasteiger partial charge in [0.1, 0.15) is 0 Å². The third-order valence-electron chi connectivity index (χ3n) is 3.69. The van der Waals surface area contributed by atoms with E-state index in [-0.39, 0.29) is 11.6 Å². The summed E-state index contributed by atoms with van der Waals surface area (Å²) < 4.78 is 13.8. The summed E-state index contributed by atoms with van der Waals surface area (Å²) in [6.07, 6.45) is 1.04. The molecule has 0 aromatic carbocycles. The standard InChI is InChI=1S/C13H15FN6O/c14-10-6-17-13(19-3-1-16-2-4-19)18-11(10)12(21)20-7-9(5-15)8-20/h6,9,16H,1-4,7-8H2. The van der Waals surface area contributed by atoms with Gasteiger partial charge < -0.3 is 15.1 Å². The highest BCUT2D eigenvalue weighted by molar-refractivity contribution is 5.93. The number of rotatable bonds is 2. The fraction of sp³-hybridized carbons (Fsp3) is 0.538. The van der Waals surface area contributed by atoms with Crippen LogP contribution in [0, 0.1) is 23.1 Å². The molecule has 0 saturated carbocycles. The second kappa shape index (κ2) is 5.61. The monoisotopic (exact) mass is 290 g/mol. The SMILES string of the molecule is N#CC1CN(C(=O)c2nc(N3CCNCC3)ncc2F)C1. The summed E-state index contributed by atoms with van der Waals surface area (Å²) in [5.41, 5.74) is -0.213. The van der Waals surface area contributed by atoms with Crippen molar-refractivity contribution in [3.63, 3.8) is 0 Å². The van der Waals surface area contributed by atoms with E-state index in [2.05, 4.69) is 21.4 Å². The quantitative estimate of drug-likeness (QED) is 0.799. The van der Waals surface area contributed by atoms with Crippen LogP contribution in [0.25, 0.3) is 0 Å². The van der Waals surface area contributed by atoms with Crippen molar-refractivity contribution < 1.29 is 9.18 Å². The minimum atomic E-state index is -0.723. The molecule has 2 fully saturated rings. The molecule has 1 aromatic heterocycles. The molecule has 0 atom stereocenters. The van der Waals surface area contributed by atoms with Crippen molar-refractivity contribution in [2.75, 3.05) is 44.2 Å². The molecule has 0 radical (unpaired) electrons. The van der Waals surface area contributed by atoms with Crippen LogP contribution in [0.2, 0.25) is 0 Å². The van der Waals surface area contributed by atoms with E-state index in [1.807, 2.05) is 4.90 Å². The lowest BCUT2D eigenvalue weighted by molar-refractivity contribution is 0.0565. The zero-order valence-corrected chi connectivity index (χ0v) is 11.4. The summed E-state index contributed by atoms with van der Waals surface area (Å²) in [5, 5.41) is 11.9. The van der Waals surface area contributed by atoms with Gasteiger partial charge in [-0.15, -0.1) is 0 Å². The second-order valence-corrected chi connectivity index (χ2v) is 5.14. The summed E-state index contributed by atoms with van der Waals surface area (Å²) in [4.78, 5) is 23.6. The van der Waals surface area contributed by atoms with Crippen molar-refractivity contribution in [1.82, 2.24) is 20.2 Å². The number of nitrogens with one attached hydrogen (secondary N) is 1. The fourth-order valence-corrected chi connectivity index (χ4v) is 2.40. The smallest absolute Gasteiger partial charge is 0.275 e. The summed E-state index contributed by atoms with van der Waals surface area (Å²) in [5.74, 6) is -0.984. The predicted octanol–water partition coefficient (Wildman–Crippen LogP) is -0.379. The minimum Gasteiger partial charge on any atom is -0.338 e. The maximum Gasteiger partial charge on any atom is 0.275 e. The predicted molar refractivity (Wildman–Crippen MR) is 72.1 cm³/mol. The Balaban J connectivity index is 1.78. The molecule has 2 saturated heterocycles. The van der Waals surface area contributed by atoms with Gasteiger partial charge in [-0.25, -0.2) is 14.4 Å². The Morgan fingerprint density at radius 1 is 1.43 bits per heavy atom. The molecule has 1 aromatic rings. The van der Waals surface area contributed by atoms with Gasteiger partial charge in [-0.3, -0.25) is 4.79 Å². The maximum atomic E-state index is 13.8. The van der Waals surface area contributed by atoms with Crippen molar-refractivity contribution in [3.8, 4) is 6.07 Å². The Kier molecular flexibility index (Phi) is 3.66. The lowest BCUT2D eigenvalue weighted by Crippen LogP contribution is -2.50. The Labute approximate surface area is 121 Å². The molecule has 0 unspecified atom stereocenters. The topological polar surface area (TPSA) is 85.2 Å². The van der Waals surface area contributed by atoms with E-state index in [0.29, 0.717) is 19.0 Å². The van der Waals surface area contributed by atoms with E-state index in [1.54, 1.807) is 0 Å². The summed E-state index contributed by atoms with van der Waals surface area (Å²) in [7, 11) is 0. The molecule has 2 aliphatic rings. The molecule has 21 heavy (non-hydrogen) atoms. The van der Waals surface area contributed by atoms with Gasteiger partial charge in [0.25, 0.3) is 5.91 Å². The number of aromatic nitrogens is 2. The highest BCUT2D eigenvalue weighted by Crippen LogP contribution is 2.19. The van der Waals surface area contributed by atoms with Crippen LogP contribution in [-0.4, -0.2) is 60.0 Å². The maximum absolute atomic E-state index is 13.8. The third kappa shape index (κ3) is 2.64. The van der Waals surface area contributed by atoms with Crippen molar-refractivity contribution in [2.45, 2.75) is 0 Å². The number of halogens is 1. The van der Waals surface area contributed by atoms with Crippen LogP contribution in [0.1, 0.15) is 10.5 Å². The lowest BCUT2D eigenvalue weighted by atomic mass is 10.0. The van der Waals surface area contributed by atoms with Crippen LogP contribution in [0.5, 0.6) is 0 Å². The number of likely N-dealkylation sites (tertiary alicyclic amines) is 1. The normalized spacial score (nSPS) is 19.0. The van der Waals surface area contributed by atoms with Gasteiger partial charge in [0.2, 0.25) is 5.95 Å². The number of hydrogen-bond donors (Lipinski definition) is 1. The van der Waals surface area contributed by atoms with E-state index in [9.17, 15) is 9.18 Å². The summed E-state index contributed by atoms with van der Waals surface area (Å²) in [6.45, 7) is 3.72. The van der Waals surface area contributed by atoms with Crippen LogP contribution in [0.3, 0.4) is 0 Å². The number of carbonyl (C=O) groups is 1. The van der Waals surface area contributed by atoms with Crippen LogP contribution in [-0.2, 0) is 0 Å². The first-order valence-corrected chi connectivity index (χ1v) is 6.86. The third-order valence-corrected chi connectivity index (χ3v) is 3.69. The zero-order chi connectivity index (χ0) is 14.8. The Morgan fingerprint density at radius 3 is 2.81 bits per heavy atom. The summed E-state index contributed by atoms with van der Waals surface area (Å²) in [6, 6.07) is 2.08. The molecule has 0 spiro atoms. The molecule has 1 N–H and O–H groups in total. The lowest BCUT2D eigenvalue weighted by Gasteiger charge is -2.35. The minimum absolute atomic E-state index is 0.161. The molecular weight excluding hydrogens is 275 g/mol. The Bertz CT molecular complexity index is 589. The number of nitrogens with zero attached hydrogens (tertiary/aromatic N) is 5. The van der Waals surface area contributed by atoms with Crippen LogP contribution in [0.15, 0.2) is 6.20 Å². The van der Waals surface area contributed by atoms with Crippen molar-refractivity contribution >= 4 is 11.9 Å². The van der Waals surface area contributed by atoms with Crippen LogP contribution in [0.4, 0.5) is 10.3 Å². The number of carbonyl (C=O) groups excluding carboxylic acids is 1. The first-order chi connectivity index (χ1) is 10.2. The molecular formula is C13H15FN6O. The zero-order valence-electron chi connectivity index (χ0n) is 11.4. The Morgan fingerprint density at radius 2 is 2.14 bits per heavy atom. The van der Waals surface area contributed by atoms with Crippen LogP contribution >= 0.6 is 0 Å². The summed E-state index contributed by atoms with van der Waals surface area (Å²) >= 11 is 0. The number of nitriles is 1. The van der Waals surface area contributed by atoms with Crippen molar-refractivity contribution in [2.24, 2.45) is 5.92 Å². The largest absolute Gasteiger partial charge is 0.338 e. The molecule has 3 rings (SSSR count). The van der Waals surface area contributed by atoms with Crippen LogP contribution < -0.4 is 10.2 Å². The average molecular weight is 290 g/mol. The highest BCUT2D eigenvalue weighted by Gasteiger charge is 2.33. The average Bonchev–Trinajstić information content (AvgIpc) is 2.47. The van der Waals surface area contributed by atoms with Crippen molar-refractivity contribution in [3.05, 3.63) is 17.7 Å². The number of hydrogen-bond acceptors (Lipinski definition) is 6. The van der Waals surface area contributed by atoms with Crippen molar-refractivity contribution in [1.29, 1.82) is 5.26 Å². The van der Waals surface area contributed by atoms with E-state index in [0.717, 1.165) is 32.4 Å². The molecule has 0 bridgehead atoms. The number of anilines is 1. The molecule has 1 amide bonds. The molecule has 3 heterocycles. The highest BCUT2D eigenvalue weighted by atomic mass is 19.1. The van der Waals surface area contributed by atoms with E-state index in [1.165, 1.54) is 4.90 Å². The fourth-order valence-electron chi connectivity index (χ4n) is 2.40. The van der Waals surface area contributed by atoms with E-state index < -0.39 is 11.7 Å². The van der Waals surface area contributed by atoms with Gasteiger partial charge in [-0.05, 0) is 0 Å². The number of amides is 1. The first-order valence-electron chi connectivity index (χ1n) is 6.86. The molecule has 0 aliphatic carbocycles. The second-order valence-electron chi connectivity index (χ2n) is 5.14. The van der Waals surface area contributed by atoms with Gasteiger partial charge >= 0.3 is 0 Å². The van der Waals surface area contributed by atoms with E-state index >= 15 is 0 Å². The molecule has 7 nitrogen and oxygen atoms in total. The number of piperazine rings is 1. The molecule has 8 heteroatoms. The van der Waals surface area contributed by atoms with Gasteiger partial charge in [0.05, 0.1) is 18.2 Å². The Hall–Kier alpha value is -2.27. The van der Waals surface area contributed by atoms with Gasteiger partial charge in [-0.2, -0.15) is 5.26 Å². The van der Waals surface area contributed by atoms with Gasteiger partial charge in [0.15, 0.2) is 11.5 Å². The molecule has 110 valence electrons. The first kappa shape index (κ1) is 13.7. The van der Waals surface area contributed by atoms with Gasteiger partial charge in [0, 0.05) is 39.3 Å². The van der Waals surface area contributed by atoms with Gasteiger partial charge in [-0.1, -0.05) is 0 Å². The van der Waals surface area contributed by atoms with E-state index in [4.69, 9.17) is 5.26 Å². The molecule has 2 aliphatic heterocycles.